The normalized spacial score (nSPS) is 24.7. The van der Waals surface area contributed by atoms with E-state index in [-0.39, 0.29) is 23.4 Å². The smallest absolute Gasteiger partial charge is 0.300 e. The summed E-state index contributed by atoms with van der Waals surface area (Å²) in [5, 5.41) is 14.6. The number of aromatic nitrogens is 6. The average molecular weight is 530 g/mol. The summed E-state index contributed by atoms with van der Waals surface area (Å²) in [4.78, 5) is 31.4. The number of carbonyl (C=O) groups is 1. The summed E-state index contributed by atoms with van der Waals surface area (Å²) in [6.07, 6.45) is 15.4. The first-order chi connectivity index (χ1) is 19.0. The summed E-state index contributed by atoms with van der Waals surface area (Å²) in [5.41, 5.74) is 2.50. The van der Waals surface area contributed by atoms with Crippen LogP contribution in [0.15, 0.2) is 52.5 Å². The lowest BCUT2D eigenvalue weighted by atomic mass is 9.74. The average Bonchev–Trinajstić information content (AvgIpc) is 3.61. The molecule has 0 spiro atoms. The molecule has 2 aliphatic rings. The predicted octanol–water partition coefficient (Wildman–Crippen LogP) is 5.06. The van der Waals surface area contributed by atoms with Crippen LogP contribution in [0.1, 0.15) is 83.0 Å². The number of nitrogens with zero attached hydrogens (tertiary/aromatic N) is 6. The van der Waals surface area contributed by atoms with E-state index in [0.29, 0.717) is 24.7 Å². The van der Waals surface area contributed by atoms with Crippen LogP contribution in [0.4, 0.5) is 0 Å². The molecule has 9 heteroatoms. The van der Waals surface area contributed by atoms with Crippen LogP contribution in [0, 0.1) is 11.8 Å². The van der Waals surface area contributed by atoms with Crippen LogP contribution in [0.25, 0.3) is 11.4 Å². The zero-order valence-electron chi connectivity index (χ0n) is 23.2. The molecule has 3 aromatic rings. The van der Waals surface area contributed by atoms with E-state index in [1.165, 1.54) is 0 Å². The minimum Gasteiger partial charge on any atom is -0.300 e. The highest BCUT2D eigenvalue weighted by Crippen LogP contribution is 2.41. The summed E-state index contributed by atoms with van der Waals surface area (Å²) >= 11 is 0. The van der Waals surface area contributed by atoms with Gasteiger partial charge in [-0.3, -0.25) is 18.9 Å². The fraction of sp³-hybridized carbons (Fsp3) is 0.533. The first-order valence-electron chi connectivity index (χ1n) is 14.3. The molecule has 1 fully saturated rings. The first-order valence-corrected chi connectivity index (χ1v) is 14.3. The van der Waals surface area contributed by atoms with Gasteiger partial charge in [0.15, 0.2) is 0 Å². The van der Waals surface area contributed by atoms with Gasteiger partial charge in [-0.05, 0) is 61.8 Å². The summed E-state index contributed by atoms with van der Waals surface area (Å²) < 4.78 is 3.90. The number of hydrogen-bond donors (Lipinski definition) is 1. The molecular weight excluding hydrogens is 490 g/mol. The molecule has 2 aromatic heterocycles. The van der Waals surface area contributed by atoms with Crippen LogP contribution in [-0.2, 0) is 23.2 Å². The van der Waals surface area contributed by atoms with Crippen molar-refractivity contribution in [3.05, 3.63) is 64.5 Å². The second kappa shape index (κ2) is 11.6. The van der Waals surface area contributed by atoms with E-state index in [1.54, 1.807) is 6.92 Å². The standard InChI is InChI=1S/C30H39N7O2/c1-4-6-12-25-19-36(27-22(5-2)9-8-13-26(27)21(3)38)29(39)37(25)20-30(14-16-31-17-15-30)24-11-7-10-23(18-24)28-32-34-35-33-28/h7,10-11,14,16-19,22,26-27H,4-6,8-9,12-13,15,20H2,1-3H3,(H,32,33,34,35). The molecule has 39 heavy (non-hydrogen) atoms. The number of Topliss-reactive ketones (excluding diaryl/α,β-unsaturated/α-hetero) is 1. The van der Waals surface area contributed by atoms with Crippen LogP contribution in [0.3, 0.4) is 0 Å². The van der Waals surface area contributed by atoms with Crippen LogP contribution in [0.5, 0.6) is 0 Å². The fourth-order valence-electron chi connectivity index (χ4n) is 6.56. The number of carbonyl (C=O) groups excluding carboxylic acids is 1. The Balaban J connectivity index is 1.60. The summed E-state index contributed by atoms with van der Waals surface area (Å²) in [7, 11) is 0. The van der Waals surface area contributed by atoms with E-state index < -0.39 is 5.41 Å². The third-order valence-corrected chi connectivity index (χ3v) is 8.75. The van der Waals surface area contributed by atoms with Crippen molar-refractivity contribution in [2.75, 3.05) is 0 Å². The minimum atomic E-state index is -0.463. The molecule has 1 aliphatic carbocycles. The number of unbranched alkanes of at least 4 members (excludes halogenated alkanes) is 1. The molecule has 0 amide bonds. The lowest BCUT2D eigenvalue weighted by Gasteiger charge is -2.37. The van der Waals surface area contributed by atoms with Crippen molar-refractivity contribution < 1.29 is 4.79 Å². The van der Waals surface area contributed by atoms with Crippen molar-refractivity contribution >= 4 is 12.0 Å². The number of imidazole rings is 1. The van der Waals surface area contributed by atoms with Gasteiger partial charge in [0, 0.05) is 47.7 Å². The predicted molar refractivity (Wildman–Crippen MR) is 152 cm³/mol. The number of aliphatic imine (C=N–C) groups is 1. The van der Waals surface area contributed by atoms with Gasteiger partial charge >= 0.3 is 5.69 Å². The van der Waals surface area contributed by atoms with Gasteiger partial charge in [-0.1, -0.05) is 57.4 Å². The second-order valence-electron chi connectivity index (χ2n) is 11.1. The Labute approximate surface area is 229 Å². The van der Waals surface area contributed by atoms with Crippen molar-refractivity contribution in [2.45, 2.75) is 90.1 Å². The SMILES string of the molecule is CCCCc1cn(C2C(CC)CCCC2C(C)=O)c(=O)n1CC1(c2cccc(-c3nn[nH]n3)c2)C=CN=CC1. The quantitative estimate of drug-likeness (QED) is 0.395. The summed E-state index contributed by atoms with van der Waals surface area (Å²) in [5.74, 6) is 0.931. The maximum absolute atomic E-state index is 14.3. The molecule has 1 aromatic carbocycles. The maximum atomic E-state index is 14.3. The Morgan fingerprint density at radius 3 is 2.79 bits per heavy atom. The number of hydrogen-bond acceptors (Lipinski definition) is 6. The van der Waals surface area contributed by atoms with Crippen LogP contribution in [-0.4, -0.2) is 41.8 Å². The number of ketones is 1. The molecule has 1 aliphatic heterocycles. The first kappa shape index (κ1) is 27.0. The van der Waals surface area contributed by atoms with Crippen LogP contribution < -0.4 is 5.69 Å². The van der Waals surface area contributed by atoms with Crippen LogP contribution in [0.2, 0.25) is 0 Å². The molecule has 0 bridgehead atoms. The Kier molecular flexibility index (Phi) is 8.04. The highest BCUT2D eigenvalue weighted by atomic mass is 16.2. The second-order valence-corrected chi connectivity index (χ2v) is 11.1. The molecule has 0 saturated heterocycles. The van der Waals surface area contributed by atoms with Crippen molar-refractivity contribution in [3.8, 4) is 11.4 Å². The largest absolute Gasteiger partial charge is 0.328 e. The molecule has 0 radical (unpaired) electrons. The molecule has 3 heterocycles. The third-order valence-electron chi connectivity index (χ3n) is 8.75. The van der Waals surface area contributed by atoms with Crippen molar-refractivity contribution in [1.29, 1.82) is 0 Å². The molecule has 5 rings (SSSR count). The third kappa shape index (κ3) is 5.31. The van der Waals surface area contributed by atoms with Crippen LogP contribution >= 0.6 is 0 Å². The van der Waals surface area contributed by atoms with Gasteiger partial charge in [0.1, 0.15) is 5.78 Å². The maximum Gasteiger partial charge on any atom is 0.328 e. The molecular formula is C30H39N7O2. The van der Waals surface area contributed by atoms with Gasteiger partial charge in [-0.2, -0.15) is 5.21 Å². The van der Waals surface area contributed by atoms with E-state index >= 15 is 0 Å². The lowest BCUT2D eigenvalue weighted by molar-refractivity contribution is -0.124. The Hall–Kier alpha value is -3.62. The number of rotatable bonds is 10. The van der Waals surface area contributed by atoms with Gasteiger partial charge in [0.05, 0.1) is 6.04 Å². The molecule has 4 unspecified atom stereocenters. The van der Waals surface area contributed by atoms with Crippen molar-refractivity contribution in [1.82, 2.24) is 29.8 Å². The Morgan fingerprint density at radius 1 is 1.23 bits per heavy atom. The van der Waals surface area contributed by atoms with Crippen molar-refractivity contribution in [2.24, 2.45) is 16.8 Å². The van der Waals surface area contributed by atoms with Gasteiger partial charge in [0.25, 0.3) is 0 Å². The van der Waals surface area contributed by atoms with Gasteiger partial charge in [0.2, 0.25) is 5.82 Å². The van der Waals surface area contributed by atoms with E-state index in [4.69, 9.17) is 0 Å². The number of nitrogens with one attached hydrogen (secondary N) is 1. The highest BCUT2D eigenvalue weighted by molar-refractivity contribution is 5.79. The number of tetrazole rings is 1. The zero-order chi connectivity index (χ0) is 27.4. The lowest BCUT2D eigenvalue weighted by Crippen LogP contribution is -2.41. The number of allylic oxidation sites excluding steroid dienone is 1. The highest BCUT2D eigenvalue weighted by Gasteiger charge is 2.39. The summed E-state index contributed by atoms with van der Waals surface area (Å²) in [6, 6.07) is 8.06. The molecule has 1 saturated carbocycles. The fourth-order valence-corrected chi connectivity index (χ4v) is 6.56. The van der Waals surface area contributed by atoms with E-state index in [9.17, 15) is 9.59 Å². The monoisotopic (exact) mass is 529 g/mol. The van der Waals surface area contributed by atoms with E-state index in [1.807, 2.05) is 33.7 Å². The molecule has 4 atom stereocenters. The number of benzene rings is 1. The number of aryl methyl sites for hydroxylation is 1. The van der Waals surface area contributed by atoms with Gasteiger partial charge in [-0.15, -0.1) is 10.2 Å². The van der Waals surface area contributed by atoms with Gasteiger partial charge in [-0.25, -0.2) is 4.79 Å². The zero-order valence-corrected chi connectivity index (χ0v) is 23.2. The Bertz CT molecular complexity index is 1400. The Morgan fingerprint density at radius 2 is 2.10 bits per heavy atom. The molecule has 9 nitrogen and oxygen atoms in total. The number of aromatic amines is 1. The number of H-pyrrole nitrogens is 1. The molecule has 1 N–H and O–H groups in total. The van der Waals surface area contributed by atoms with E-state index in [2.05, 4.69) is 63.9 Å². The summed E-state index contributed by atoms with van der Waals surface area (Å²) in [6.45, 7) is 6.53. The topological polar surface area (TPSA) is 111 Å². The molecule has 206 valence electrons. The minimum absolute atomic E-state index is 0.0117. The van der Waals surface area contributed by atoms with Gasteiger partial charge < -0.3 is 0 Å². The van der Waals surface area contributed by atoms with E-state index in [0.717, 1.165) is 61.8 Å². The van der Waals surface area contributed by atoms with Crippen molar-refractivity contribution in [3.63, 3.8) is 0 Å².